The highest BCUT2D eigenvalue weighted by Gasteiger charge is 2.20. The molecule has 0 aliphatic carbocycles. The molecule has 2 aromatic heterocycles. The van der Waals surface area contributed by atoms with Gasteiger partial charge in [-0.15, -0.1) is 0 Å². The van der Waals surface area contributed by atoms with Crippen molar-refractivity contribution in [2.24, 2.45) is 5.73 Å². The number of fused-ring (bicyclic) bond motifs is 3. The number of rotatable bonds is 2. The van der Waals surface area contributed by atoms with Gasteiger partial charge in [0.15, 0.2) is 0 Å². The minimum atomic E-state index is -0.484. The van der Waals surface area contributed by atoms with Crippen molar-refractivity contribution in [3.63, 3.8) is 0 Å². The maximum absolute atomic E-state index is 11.6. The SMILES string of the molecule is NC(=O)c1cc(-c2cncnc2)c2c(c1)nc1n2CCOC1. The molecule has 3 heterocycles. The summed E-state index contributed by atoms with van der Waals surface area (Å²) in [7, 11) is 0. The monoisotopic (exact) mass is 295 g/mol. The standard InChI is InChI=1S/C15H13N5O2/c16-15(21)9-3-11(10-5-17-8-18-6-10)14-12(4-9)19-13-7-22-2-1-20(13)14/h3-6,8H,1-2,7H2,(H2,16,21). The Morgan fingerprint density at radius 3 is 2.86 bits per heavy atom. The molecule has 0 saturated carbocycles. The van der Waals surface area contributed by atoms with E-state index in [9.17, 15) is 4.79 Å². The van der Waals surface area contributed by atoms with Crippen molar-refractivity contribution in [3.8, 4) is 11.1 Å². The van der Waals surface area contributed by atoms with E-state index in [1.54, 1.807) is 24.5 Å². The first-order valence-corrected chi connectivity index (χ1v) is 6.90. The number of ether oxygens (including phenoxy) is 1. The first-order chi connectivity index (χ1) is 10.7. The third-order valence-corrected chi connectivity index (χ3v) is 3.77. The van der Waals surface area contributed by atoms with Crippen LogP contribution in [0.1, 0.15) is 16.2 Å². The van der Waals surface area contributed by atoms with Crippen LogP contribution < -0.4 is 5.73 Å². The Labute approximate surface area is 125 Å². The molecule has 1 aromatic carbocycles. The molecule has 0 bridgehead atoms. The van der Waals surface area contributed by atoms with Crippen molar-refractivity contribution in [2.45, 2.75) is 13.2 Å². The Balaban J connectivity index is 2.07. The van der Waals surface area contributed by atoms with Crippen LogP contribution in [0, 0.1) is 0 Å². The quantitative estimate of drug-likeness (QED) is 0.764. The third-order valence-electron chi connectivity index (χ3n) is 3.77. The molecule has 4 rings (SSSR count). The number of nitrogens with two attached hydrogens (primary N) is 1. The molecule has 1 aliphatic rings. The van der Waals surface area contributed by atoms with E-state index in [1.807, 2.05) is 0 Å². The minimum absolute atomic E-state index is 0.419. The van der Waals surface area contributed by atoms with Gasteiger partial charge in [0.05, 0.1) is 17.6 Å². The zero-order valence-corrected chi connectivity index (χ0v) is 11.7. The van der Waals surface area contributed by atoms with Gasteiger partial charge in [0, 0.05) is 35.6 Å². The van der Waals surface area contributed by atoms with Crippen molar-refractivity contribution in [1.29, 1.82) is 0 Å². The maximum atomic E-state index is 11.6. The molecule has 1 aliphatic heterocycles. The first-order valence-electron chi connectivity index (χ1n) is 6.90. The molecule has 2 N–H and O–H groups in total. The van der Waals surface area contributed by atoms with Gasteiger partial charge in [-0.3, -0.25) is 4.79 Å². The Kier molecular flexibility index (Phi) is 2.87. The lowest BCUT2D eigenvalue weighted by Crippen LogP contribution is -2.16. The molecule has 0 radical (unpaired) electrons. The number of aromatic nitrogens is 4. The van der Waals surface area contributed by atoms with Crippen LogP contribution in [0.3, 0.4) is 0 Å². The molecular formula is C15H13N5O2. The van der Waals surface area contributed by atoms with Crippen LogP contribution in [0.5, 0.6) is 0 Å². The molecule has 0 spiro atoms. The number of imidazole rings is 1. The van der Waals surface area contributed by atoms with E-state index in [4.69, 9.17) is 10.5 Å². The van der Waals surface area contributed by atoms with Crippen molar-refractivity contribution in [2.75, 3.05) is 6.61 Å². The van der Waals surface area contributed by atoms with Gasteiger partial charge in [-0.05, 0) is 12.1 Å². The van der Waals surface area contributed by atoms with Gasteiger partial charge in [0.25, 0.3) is 0 Å². The lowest BCUT2D eigenvalue weighted by Gasteiger charge is -2.16. The molecule has 0 saturated heterocycles. The molecule has 110 valence electrons. The van der Waals surface area contributed by atoms with Gasteiger partial charge in [-0.2, -0.15) is 0 Å². The fourth-order valence-corrected chi connectivity index (χ4v) is 2.79. The van der Waals surface area contributed by atoms with Gasteiger partial charge in [0.1, 0.15) is 18.8 Å². The molecule has 7 heteroatoms. The number of carbonyl (C=O) groups excluding carboxylic acids is 1. The maximum Gasteiger partial charge on any atom is 0.248 e. The van der Waals surface area contributed by atoms with Crippen molar-refractivity contribution < 1.29 is 9.53 Å². The molecule has 3 aromatic rings. The summed E-state index contributed by atoms with van der Waals surface area (Å²) in [5.41, 5.74) is 9.23. The van der Waals surface area contributed by atoms with Gasteiger partial charge in [-0.25, -0.2) is 15.0 Å². The van der Waals surface area contributed by atoms with E-state index in [-0.39, 0.29) is 0 Å². The zero-order chi connectivity index (χ0) is 15.1. The number of hydrogen-bond acceptors (Lipinski definition) is 5. The van der Waals surface area contributed by atoms with E-state index >= 15 is 0 Å². The summed E-state index contributed by atoms with van der Waals surface area (Å²) in [5, 5.41) is 0. The Morgan fingerprint density at radius 1 is 1.27 bits per heavy atom. The van der Waals surface area contributed by atoms with E-state index < -0.39 is 5.91 Å². The van der Waals surface area contributed by atoms with Crippen LogP contribution in [0.4, 0.5) is 0 Å². The average molecular weight is 295 g/mol. The Morgan fingerprint density at radius 2 is 2.09 bits per heavy atom. The number of primary amides is 1. The number of benzene rings is 1. The van der Waals surface area contributed by atoms with E-state index in [0.29, 0.717) is 18.8 Å². The minimum Gasteiger partial charge on any atom is -0.372 e. The fraction of sp³-hybridized carbons (Fsp3) is 0.200. The Bertz CT molecular complexity index is 873. The molecular weight excluding hydrogens is 282 g/mol. The second-order valence-corrected chi connectivity index (χ2v) is 5.12. The largest absolute Gasteiger partial charge is 0.372 e. The molecule has 22 heavy (non-hydrogen) atoms. The summed E-state index contributed by atoms with van der Waals surface area (Å²) in [6, 6.07) is 3.49. The van der Waals surface area contributed by atoms with Gasteiger partial charge in [0.2, 0.25) is 5.91 Å². The van der Waals surface area contributed by atoms with Crippen molar-refractivity contribution in [1.82, 2.24) is 19.5 Å². The fourth-order valence-electron chi connectivity index (χ4n) is 2.79. The lowest BCUT2D eigenvalue weighted by molar-refractivity contribution is 0.0831. The third kappa shape index (κ3) is 1.94. The van der Waals surface area contributed by atoms with Gasteiger partial charge < -0.3 is 15.0 Å². The summed E-state index contributed by atoms with van der Waals surface area (Å²) in [4.78, 5) is 24.3. The summed E-state index contributed by atoms with van der Waals surface area (Å²) in [6.07, 6.45) is 4.90. The number of hydrogen-bond donors (Lipinski definition) is 1. The topological polar surface area (TPSA) is 95.9 Å². The van der Waals surface area contributed by atoms with Crippen molar-refractivity contribution in [3.05, 3.63) is 42.2 Å². The van der Waals surface area contributed by atoms with Crippen LogP contribution in [0.15, 0.2) is 30.9 Å². The van der Waals surface area contributed by atoms with Crippen LogP contribution in [-0.4, -0.2) is 32.0 Å². The molecule has 7 nitrogen and oxygen atoms in total. The summed E-state index contributed by atoms with van der Waals surface area (Å²) < 4.78 is 7.57. The highest BCUT2D eigenvalue weighted by Crippen LogP contribution is 2.31. The summed E-state index contributed by atoms with van der Waals surface area (Å²) in [5.74, 6) is 0.364. The number of amides is 1. The smallest absolute Gasteiger partial charge is 0.248 e. The molecule has 0 atom stereocenters. The van der Waals surface area contributed by atoms with Crippen LogP contribution in [0.2, 0.25) is 0 Å². The predicted octanol–water partition coefficient (Wildman–Crippen LogP) is 1.12. The summed E-state index contributed by atoms with van der Waals surface area (Å²) in [6.45, 7) is 1.83. The summed E-state index contributed by atoms with van der Waals surface area (Å²) >= 11 is 0. The highest BCUT2D eigenvalue weighted by atomic mass is 16.5. The first kappa shape index (κ1) is 12.9. The van der Waals surface area contributed by atoms with Gasteiger partial charge >= 0.3 is 0 Å². The normalized spacial score (nSPS) is 14.0. The van der Waals surface area contributed by atoms with E-state index in [1.165, 1.54) is 6.33 Å². The Hall–Kier alpha value is -2.80. The number of nitrogens with zero attached hydrogens (tertiary/aromatic N) is 4. The average Bonchev–Trinajstić information content (AvgIpc) is 2.93. The van der Waals surface area contributed by atoms with Crippen LogP contribution in [-0.2, 0) is 17.9 Å². The lowest BCUT2D eigenvalue weighted by atomic mass is 10.0. The van der Waals surface area contributed by atoms with Crippen LogP contribution in [0.25, 0.3) is 22.2 Å². The van der Waals surface area contributed by atoms with E-state index in [2.05, 4.69) is 19.5 Å². The molecule has 0 unspecified atom stereocenters. The predicted molar refractivity (Wildman–Crippen MR) is 78.9 cm³/mol. The molecule has 0 fully saturated rings. The second-order valence-electron chi connectivity index (χ2n) is 5.12. The second kappa shape index (κ2) is 4.88. The highest BCUT2D eigenvalue weighted by molar-refractivity contribution is 6.02. The van der Waals surface area contributed by atoms with Gasteiger partial charge in [-0.1, -0.05) is 0 Å². The zero-order valence-electron chi connectivity index (χ0n) is 11.7. The van der Waals surface area contributed by atoms with Crippen molar-refractivity contribution >= 4 is 16.9 Å². The van der Waals surface area contributed by atoms with Crippen LogP contribution >= 0.6 is 0 Å². The number of carbonyl (C=O) groups is 1. The van der Waals surface area contributed by atoms with E-state index in [0.717, 1.165) is 34.5 Å². The molecule has 1 amide bonds.